The molecule has 0 amide bonds. The van der Waals surface area contributed by atoms with Gasteiger partial charge in [0.1, 0.15) is 0 Å². The molecule has 0 saturated heterocycles. The van der Waals surface area contributed by atoms with Gasteiger partial charge in [-0.15, -0.1) is 0 Å². The molecule has 1 atom stereocenters. The average molecular weight is 375 g/mol. The predicted molar refractivity (Wildman–Crippen MR) is 95.8 cm³/mol. The summed E-state index contributed by atoms with van der Waals surface area (Å²) in [4.78, 5) is 6.28. The monoisotopic (exact) mass is 375 g/mol. The third kappa shape index (κ3) is 4.54. The van der Waals surface area contributed by atoms with Gasteiger partial charge in [-0.1, -0.05) is 47.1 Å². The lowest BCUT2D eigenvalue weighted by Gasteiger charge is -2.23. The maximum absolute atomic E-state index is 12.9. The summed E-state index contributed by atoms with van der Waals surface area (Å²) in [6, 6.07) is 13.3. The summed E-state index contributed by atoms with van der Waals surface area (Å²) >= 11 is 0. The Bertz CT molecular complexity index is 903. The highest BCUT2D eigenvalue weighted by Crippen LogP contribution is 2.31. The van der Waals surface area contributed by atoms with Crippen molar-refractivity contribution >= 4 is 0 Å². The van der Waals surface area contributed by atoms with Gasteiger partial charge in [0.25, 0.3) is 0 Å². The number of nitrogens with zero attached hydrogens (tertiary/aromatic N) is 3. The van der Waals surface area contributed by atoms with Crippen molar-refractivity contribution in [3.8, 4) is 11.4 Å². The molecule has 1 unspecified atom stereocenters. The van der Waals surface area contributed by atoms with Gasteiger partial charge in [0.15, 0.2) is 0 Å². The van der Waals surface area contributed by atoms with Crippen molar-refractivity contribution in [3.63, 3.8) is 0 Å². The van der Waals surface area contributed by atoms with Crippen LogP contribution in [-0.2, 0) is 12.7 Å². The predicted octanol–water partition coefficient (Wildman–Crippen LogP) is 5.26. The zero-order chi connectivity index (χ0) is 19.6. The van der Waals surface area contributed by atoms with Crippen molar-refractivity contribution in [1.82, 2.24) is 15.0 Å². The molecule has 0 aliphatic rings. The van der Waals surface area contributed by atoms with Gasteiger partial charge in [0, 0.05) is 11.6 Å². The van der Waals surface area contributed by atoms with E-state index >= 15 is 0 Å². The van der Waals surface area contributed by atoms with Crippen LogP contribution in [0.3, 0.4) is 0 Å². The number of halogens is 3. The maximum atomic E-state index is 12.9. The van der Waals surface area contributed by atoms with E-state index in [2.05, 4.69) is 41.3 Å². The Kier molecular flexibility index (Phi) is 5.32. The van der Waals surface area contributed by atoms with E-state index < -0.39 is 11.7 Å². The molecule has 0 bridgehead atoms. The molecule has 7 heteroatoms. The third-order valence-electron chi connectivity index (χ3n) is 4.52. The quantitative estimate of drug-likeness (QED) is 0.610. The standard InChI is InChI=1S/C20H20F3N3O/c1-13-7-9-15(10-8-13)14(2)26(3)12-18-24-19(25-27-18)16-5-4-6-17(11-16)20(21,22)23/h4-11,14H,12H2,1-3H3. The average Bonchev–Trinajstić information content (AvgIpc) is 3.09. The highest BCUT2D eigenvalue weighted by Gasteiger charge is 2.30. The van der Waals surface area contributed by atoms with Crippen LogP contribution in [0.25, 0.3) is 11.4 Å². The summed E-state index contributed by atoms with van der Waals surface area (Å²) in [5, 5.41) is 3.83. The molecule has 0 aliphatic carbocycles. The summed E-state index contributed by atoms with van der Waals surface area (Å²) in [5.41, 5.74) is 1.88. The molecule has 0 saturated carbocycles. The first-order valence-electron chi connectivity index (χ1n) is 8.51. The third-order valence-corrected chi connectivity index (χ3v) is 4.52. The van der Waals surface area contributed by atoms with Crippen LogP contribution in [0.5, 0.6) is 0 Å². The molecule has 0 spiro atoms. The Hall–Kier alpha value is -2.67. The molecule has 142 valence electrons. The highest BCUT2D eigenvalue weighted by atomic mass is 19.4. The molecule has 4 nitrogen and oxygen atoms in total. The van der Waals surface area contributed by atoms with Crippen molar-refractivity contribution in [2.24, 2.45) is 0 Å². The van der Waals surface area contributed by atoms with Crippen molar-refractivity contribution in [3.05, 3.63) is 71.1 Å². The zero-order valence-electron chi connectivity index (χ0n) is 15.3. The molecule has 2 aromatic carbocycles. The lowest BCUT2D eigenvalue weighted by molar-refractivity contribution is -0.137. The lowest BCUT2D eigenvalue weighted by Crippen LogP contribution is -2.22. The first-order valence-corrected chi connectivity index (χ1v) is 8.51. The molecule has 27 heavy (non-hydrogen) atoms. The topological polar surface area (TPSA) is 42.2 Å². The fourth-order valence-corrected chi connectivity index (χ4v) is 2.72. The summed E-state index contributed by atoms with van der Waals surface area (Å²) in [7, 11) is 1.93. The van der Waals surface area contributed by atoms with E-state index in [-0.39, 0.29) is 17.4 Å². The van der Waals surface area contributed by atoms with Gasteiger partial charge < -0.3 is 4.52 Å². The van der Waals surface area contributed by atoms with Crippen LogP contribution >= 0.6 is 0 Å². The van der Waals surface area contributed by atoms with Gasteiger partial charge in [-0.2, -0.15) is 18.2 Å². The van der Waals surface area contributed by atoms with Gasteiger partial charge in [-0.3, -0.25) is 4.90 Å². The molecule has 0 N–H and O–H groups in total. The second-order valence-electron chi connectivity index (χ2n) is 6.59. The first kappa shape index (κ1) is 19.1. The fraction of sp³-hybridized carbons (Fsp3) is 0.300. The van der Waals surface area contributed by atoms with Crippen LogP contribution in [0.15, 0.2) is 53.1 Å². The van der Waals surface area contributed by atoms with Crippen LogP contribution in [0.4, 0.5) is 13.2 Å². The fourth-order valence-electron chi connectivity index (χ4n) is 2.72. The second-order valence-corrected chi connectivity index (χ2v) is 6.59. The molecule has 3 rings (SSSR count). The van der Waals surface area contributed by atoms with E-state index in [9.17, 15) is 13.2 Å². The number of rotatable bonds is 5. The molecule has 0 radical (unpaired) electrons. The highest BCUT2D eigenvalue weighted by molar-refractivity contribution is 5.55. The molecule has 3 aromatic rings. The van der Waals surface area contributed by atoms with E-state index in [4.69, 9.17) is 4.52 Å². The Labute approximate surface area is 155 Å². The zero-order valence-corrected chi connectivity index (χ0v) is 15.3. The first-order chi connectivity index (χ1) is 12.7. The largest absolute Gasteiger partial charge is 0.416 e. The second kappa shape index (κ2) is 7.52. The van der Waals surface area contributed by atoms with Crippen molar-refractivity contribution in [1.29, 1.82) is 0 Å². The summed E-state index contributed by atoms with van der Waals surface area (Å²) in [5.74, 6) is 0.497. The van der Waals surface area contributed by atoms with Crippen LogP contribution in [-0.4, -0.2) is 22.1 Å². The normalized spacial score (nSPS) is 13.1. The molecule has 0 aliphatic heterocycles. The summed E-state index contributed by atoms with van der Waals surface area (Å²) < 4.78 is 43.8. The number of benzene rings is 2. The summed E-state index contributed by atoms with van der Waals surface area (Å²) in [6.45, 7) is 4.49. The van der Waals surface area contributed by atoms with Gasteiger partial charge in [-0.05, 0) is 38.6 Å². The van der Waals surface area contributed by atoms with Crippen LogP contribution in [0.2, 0.25) is 0 Å². The molecule has 1 aromatic heterocycles. The smallest absolute Gasteiger partial charge is 0.338 e. The minimum atomic E-state index is -4.41. The minimum absolute atomic E-state index is 0.120. The minimum Gasteiger partial charge on any atom is -0.338 e. The number of hydrogen-bond donors (Lipinski definition) is 0. The Morgan fingerprint density at radius 1 is 1.11 bits per heavy atom. The van der Waals surface area contributed by atoms with Crippen LogP contribution in [0, 0.1) is 6.92 Å². The van der Waals surface area contributed by atoms with Crippen molar-refractivity contribution in [2.45, 2.75) is 32.6 Å². The van der Waals surface area contributed by atoms with Gasteiger partial charge in [0.05, 0.1) is 12.1 Å². The number of alkyl halides is 3. The van der Waals surface area contributed by atoms with Crippen LogP contribution < -0.4 is 0 Å². The van der Waals surface area contributed by atoms with E-state index in [1.807, 2.05) is 18.9 Å². The number of hydrogen-bond acceptors (Lipinski definition) is 4. The van der Waals surface area contributed by atoms with E-state index in [0.29, 0.717) is 12.4 Å². The van der Waals surface area contributed by atoms with Gasteiger partial charge in [-0.25, -0.2) is 0 Å². The van der Waals surface area contributed by atoms with E-state index in [1.165, 1.54) is 17.7 Å². The van der Waals surface area contributed by atoms with Gasteiger partial charge in [0.2, 0.25) is 11.7 Å². The molecular weight excluding hydrogens is 355 g/mol. The number of aryl methyl sites for hydroxylation is 1. The Balaban J connectivity index is 1.73. The van der Waals surface area contributed by atoms with E-state index in [0.717, 1.165) is 17.7 Å². The van der Waals surface area contributed by atoms with Crippen molar-refractivity contribution < 1.29 is 17.7 Å². The SMILES string of the molecule is Cc1ccc(C(C)N(C)Cc2nc(-c3cccc(C(F)(F)F)c3)no2)cc1. The molecule has 1 heterocycles. The lowest BCUT2D eigenvalue weighted by atomic mass is 10.1. The number of aromatic nitrogens is 2. The van der Waals surface area contributed by atoms with E-state index in [1.54, 1.807) is 0 Å². The van der Waals surface area contributed by atoms with Gasteiger partial charge >= 0.3 is 6.18 Å². The Morgan fingerprint density at radius 3 is 2.48 bits per heavy atom. The maximum Gasteiger partial charge on any atom is 0.416 e. The molecule has 0 fully saturated rings. The Morgan fingerprint density at radius 2 is 1.81 bits per heavy atom. The van der Waals surface area contributed by atoms with Crippen LogP contribution in [0.1, 0.15) is 35.5 Å². The molecular formula is C20H20F3N3O. The van der Waals surface area contributed by atoms with Crippen molar-refractivity contribution in [2.75, 3.05) is 7.05 Å². The summed E-state index contributed by atoms with van der Waals surface area (Å²) in [6.07, 6.45) is -4.41.